The van der Waals surface area contributed by atoms with Crippen LogP contribution in [0.2, 0.25) is 0 Å². The molecule has 0 spiro atoms. The van der Waals surface area contributed by atoms with Crippen LogP contribution in [0.5, 0.6) is 0 Å². The Hall–Kier alpha value is -0.120. The summed E-state index contributed by atoms with van der Waals surface area (Å²) in [6.07, 6.45) is 8.99. The minimum Gasteiger partial charge on any atom is -0.393 e. The van der Waals surface area contributed by atoms with Crippen molar-refractivity contribution in [2.45, 2.75) is 89.6 Å². The molecule has 2 saturated carbocycles. The molecular weight excluding hydrogens is 252 g/mol. The van der Waals surface area contributed by atoms with Crippen molar-refractivity contribution in [1.29, 1.82) is 0 Å². The summed E-state index contributed by atoms with van der Waals surface area (Å²) in [5, 5.41) is 21.6. The Labute approximate surface area is 122 Å². The molecule has 2 aliphatic carbocycles. The number of ether oxygens (including phenoxy) is 1. The van der Waals surface area contributed by atoms with Crippen LogP contribution in [-0.4, -0.2) is 28.2 Å². The zero-order valence-electron chi connectivity index (χ0n) is 13.0. The summed E-state index contributed by atoms with van der Waals surface area (Å²) in [6.45, 7) is 4.35. The zero-order chi connectivity index (χ0) is 14.4. The molecule has 3 aliphatic rings. The van der Waals surface area contributed by atoms with E-state index in [0.29, 0.717) is 12.3 Å². The van der Waals surface area contributed by atoms with E-state index in [9.17, 15) is 10.2 Å². The van der Waals surface area contributed by atoms with Gasteiger partial charge in [0.25, 0.3) is 0 Å². The van der Waals surface area contributed by atoms with Crippen LogP contribution in [0.25, 0.3) is 0 Å². The van der Waals surface area contributed by atoms with Crippen molar-refractivity contribution in [2.24, 2.45) is 17.3 Å². The van der Waals surface area contributed by atoms with Crippen molar-refractivity contribution < 1.29 is 14.9 Å². The highest BCUT2D eigenvalue weighted by atomic mass is 16.6. The highest BCUT2D eigenvalue weighted by molar-refractivity contribution is 5.06. The molecule has 1 heterocycles. The minimum atomic E-state index is -0.917. The summed E-state index contributed by atoms with van der Waals surface area (Å²) >= 11 is 0. The lowest BCUT2D eigenvalue weighted by Crippen LogP contribution is -2.61. The number of fused-ring (bicyclic) bond motifs is 3. The summed E-state index contributed by atoms with van der Waals surface area (Å²) in [5.41, 5.74) is 0.0392. The summed E-state index contributed by atoms with van der Waals surface area (Å²) in [4.78, 5) is 0. The van der Waals surface area contributed by atoms with Gasteiger partial charge >= 0.3 is 0 Å². The van der Waals surface area contributed by atoms with E-state index in [1.54, 1.807) is 0 Å². The van der Waals surface area contributed by atoms with E-state index in [1.807, 2.05) is 0 Å². The Kier molecular flexibility index (Phi) is 3.89. The van der Waals surface area contributed by atoms with E-state index in [1.165, 1.54) is 0 Å². The molecule has 0 radical (unpaired) electrons. The van der Waals surface area contributed by atoms with Crippen LogP contribution < -0.4 is 0 Å². The van der Waals surface area contributed by atoms with Gasteiger partial charge < -0.3 is 14.9 Å². The fraction of sp³-hybridized carbons (Fsp3) is 1.00. The molecule has 3 heteroatoms. The number of hydrogen-bond acceptors (Lipinski definition) is 3. The number of rotatable bonds is 2. The number of hydrogen-bond donors (Lipinski definition) is 2. The lowest BCUT2D eigenvalue weighted by atomic mass is 9.51. The highest BCUT2D eigenvalue weighted by Crippen LogP contribution is 2.60. The average Bonchev–Trinajstić information content (AvgIpc) is 2.46. The standard InChI is InChI=1S/C17H30O3/c1-3-12-8-9-14-13-6-5-7-15(18)16(13,4-2)10-11-17(14,19)20-12/h12-15,18-19H,3-11H2,1-2H3/t12?,13?,14-,15?,16-,17-/m0/s1. The first-order valence-corrected chi connectivity index (χ1v) is 8.64. The molecule has 6 atom stereocenters. The van der Waals surface area contributed by atoms with Gasteiger partial charge in [0.2, 0.25) is 0 Å². The molecule has 3 unspecified atom stereocenters. The van der Waals surface area contributed by atoms with Crippen LogP contribution >= 0.6 is 0 Å². The minimum absolute atomic E-state index is 0.0392. The van der Waals surface area contributed by atoms with Crippen molar-refractivity contribution >= 4 is 0 Å². The first kappa shape index (κ1) is 14.8. The van der Waals surface area contributed by atoms with Gasteiger partial charge in [0.1, 0.15) is 0 Å². The second-order valence-electron chi connectivity index (χ2n) is 7.32. The summed E-state index contributed by atoms with van der Waals surface area (Å²) in [5.74, 6) is -0.249. The summed E-state index contributed by atoms with van der Waals surface area (Å²) in [6, 6.07) is 0. The Morgan fingerprint density at radius 1 is 1.05 bits per heavy atom. The first-order chi connectivity index (χ1) is 9.55. The number of aliphatic hydroxyl groups excluding tert-OH is 1. The molecule has 3 fully saturated rings. The predicted molar refractivity (Wildman–Crippen MR) is 78.1 cm³/mol. The molecule has 0 aromatic rings. The molecule has 20 heavy (non-hydrogen) atoms. The van der Waals surface area contributed by atoms with Crippen molar-refractivity contribution in [3.8, 4) is 0 Å². The van der Waals surface area contributed by atoms with Gasteiger partial charge in [0.05, 0.1) is 12.2 Å². The Morgan fingerprint density at radius 2 is 1.85 bits per heavy atom. The first-order valence-electron chi connectivity index (χ1n) is 8.64. The lowest BCUT2D eigenvalue weighted by molar-refractivity contribution is -0.330. The van der Waals surface area contributed by atoms with Gasteiger partial charge in [-0.25, -0.2) is 0 Å². The largest absolute Gasteiger partial charge is 0.393 e. The SMILES string of the molecule is CCC1CC[C@H]2C3CCCC(O)[C@@]3(CC)CC[C@]2(O)O1. The molecular formula is C17H30O3. The topological polar surface area (TPSA) is 49.7 Å². The third-order valence-electron chi connectivity index (χ3n) is 6.69. The molecule has 1 saturated heterocycles. The Bertz CT molecular complexity index is 358. The van der Waals surface area contributed by atoms with Gasteiger partial charge in [0.15, 0.2) is 5.79 Å². The van der Waals surface area contributed by atoms with Crippen molar-refractivity contribution in [3.63, 3.8) is 0 Å². The molecule has 0 aromatic heterocycles. The van der Waals surface area contributed by atoms with E-state index in [2.05, 4.69) is 13.8 Å². The summed E-state index contributed by atoms with van der Waals surface area (Å²) in [7, 11) is 0. The van der Waals surface area contributed by atoms with E-state index >= 15 is 0 Å². The Morgan fingerprint density at radius 3 is 2.55 bits per heavy atom. The molecule has 3 nitrogen and oxygen atoms in total. The van der Waals surface area contributed by atoms with Gasteiger partial charge in [0, 0.05) is 12.3 Å². The van der Waals surface area contributed by atoms with Crippen LogP contribution in [0, 0.1) is 17.3 Å². The fourth-order valence-electron chi connectivity index (χ4n) is 5.47. The fourth-order valence-corrected chi connectivity index (χ4v) is 5.47. The molecule has 116 valence electrons. The molecule has 3 rings (SSSR count). The molecule has 0 amide bonds. The molecule has 0 bridgehead atoms. The third-order valence-corrected chi connectivity index (χ3v) is 6.69. The van der Waals surface area contributed by atoms with Crippen LogP contribution in [0.3, 0.4) is 0 Å². The van der Waals surface area contributed by atoms with Gasteiger partial charge in [-0.05, 0) is 56.3 Å². The Balaban J connectivity index is 1.88. The smallest absolute Gasteiger partial charge is 0.168 e. The van der Waals surface area contributed by atoms with Crippen LogP contribution in [-0.2, 0) is 4.74 Å². The van der Waals surface area contributed by atoms with Crippen LogP contribution in [0.4, 0.5) is 0 Å². The zero-order valence-corrected chi connectivity index (χ0v) is 13.0. The van der Waals surface area contributed by atoms with Crippen molar-refractivity contribution in [1.82, 2.24) is 0 Å². The van der Waals surface area contributed by atoms with E-state index in [-0.39, 0.29) is 23.5 Å². The second kappa shape index (κ2) is 5.26. The molecule has 2 N–H and O–H groups in total. The third kappa shape index (κ3) is 2.05. The maximum absolute atomic E-state index is 11.0. The monoisotopic (exact) mass is 282 g/mol. The number of aliphatic hydroxyl groups is 2. The van der Waals surface area contributed by atoms with Crippen molar-refractivity contribution in [3.05, 3.63) is 0 Å². The van der Waals surface area contributed by atoms with E-state index < -0.39 is 5.79 Å². The maximum atomic E-state index is 11.0. The molecule has 0 aromatic carbocycles. The van der Waals surface area contributed by atoms with Gasteiger partial charge in [-0.15, -0.1) is 0 Å². The quantitative estimate of drug-likeness (QED) is 0.817. The van der Waals surface area contributed by atoms with Gasteiger partial charge in [-0.2, -0.15) is 0 Å². The normalized spacial score (nSPS) is 52.2. The average molecular weight is 282 g/mol. The highest BCUT2D eigenvalue weighted by Gasteiger charge is 2.59. The maximum Gasteiger partial charge on any atom is 0.168 e. The van der Waals surface area contributed by atoms with E-state index in [4.69, 9.17) is 4.74 Å². The predicted octanol–water partition coefficient (Wildman–Crippen LogP) is 3.23. The second-order valence-corrected chi connectivity index (χ2v) is 7.32. The van der Waals surface area contributed by atoms with Crippen LogP contribution in [0.1, 0.15) is 71.6 Å². The summed E-state index contributed by atoms with van der Waals surface area (Å²) < 4.78 is 6.07. The lowest BCUT2D eigenvalue weighted by Gasteiger charge is -2.60. The molecule has 1 aliphatic heterocycles. The van der Waals surface area contributed by atoms with Gasteiger partial charge in [-0.1, -0.05) is 20.3 Å². The van der Waals surface area contributed by atoms with Crippen LogP contribution in [0.15, 0.2) is 0 Å². The van der Waals surface area contributed by atoms with Crippen molar-refractivity contribution in [2.75, 3.05) is 0 Å². The van der Waals surface area contributed by atoms with Gasteiger partial charge in [-0.3, -0.25) is 0 Å². The van der Waals surface area contributed by atoms with E-state index in [0.717, 1.165) is 51.4 Å².